The third kappa shape index (κ3) is 6.57. The molecule has 1 fully saturated rings. The number of methoxy groups -OCH3 is 2. The molecule has 2 amide bonds. The molecular formula is C36H32N6O4S2. The summed E-state index contributed by atoms with van der Waals surface area (Å²) in [6, 6.07) is 23.9. The number of amides is 2. The summed E-state index contributed by atoms with van der Waals surface area (Å²) < 4.78 is 11.7. The molecule has 0 bridgehead atoms. The number of nitrogens with one attached hydrogen (secondary N) is 2. The Morgan fingerprint density at radius 2 is 1.50 bits per heavy atom. The summed E-state index contributed by atoms with van der Waals surface area (Å²) in [5.74, 6) is 0.702. The van der Waals surface area contributed by atoms with Gasteiger partial charge in [0, 0.05) is 40.8 Å². The van der Waals surface area contributed by atoms with Crippen LogP contribution in [0, 0.1) is 0 Å². The molecule has 0 aliphatic carbocycles. The lowest BCUT2D eigenvalue weighted by molar-refractivity contribution is 0.101. The lowest BCUT2D eigenvalue weighted by atomic mass is 10.1. The van der Waals surface area contributed by atoms with Crippen molar-refractivity contribution in [3.05, 3.63) is 95.4 Å². The van der Waals surface area contributed by atoms with E-state index in [1.165, 1.54) is 29.1 Å². The lowest BCUT2D eigenvalue weighted by Gasteiger charge is -2.25. The number of fused-ring (bicyclic) bond motifs is 1. The molecule has 2 N–H and O–H groups in total. The normalized spacial score (nSPS) is 12.9. The first-order chi connectivity index (χ1) is 23.5. The quantitative estimate of drug-likeness (QED) is 0.158. The summed E-state index contributed by atoms with van der Waals surface area (Å²) in [5.41, 5.74) is 5.21. The smallest absolute Gasteiger partial charge is 0.259 e. The van der Waals surface area contributed by atoms with Gasteiger partial charge in [0.05, 0.1) is 35.9 Å². The van der Waals surface area contributed by atoms with Crippen molar-refractivity contribution in [3.8, 4) is 34.0 Å². The van der Waals surface area contributed by atoms with Gasteiger partial charge in [0.25, 0.3) is 11.8 Å². The third-order valence-electron chi connectivity index (χ3n) is 8.10. The molecule has 0 radical (unpaired) electrons. The molecule has 1 saturated heterocycles. The fraction of sp³-hybridized carbons (Fsp3) is 0.194. The average Bonchev–Trinajstić information content (AvgIpc) is 3.79. The Bertz CT molecular complexity index is 2090. The molecule has 0 atom stereocenters. The highest BCUT2D eigenvalue weighted by Gasteiger charge is 2.23. The molecule has 1 aliphatic rings. The number of nitrogens with zero attached hydrogens (tertiary/aromatic N) is 4. The number of hydrogen-bond acceptors (Lipinski definition) is 10. The zero-order chi connectivity index (χ0) is 33.0. The molecule has 1 aliphatic heterocycles. The number of piperidine rings is 1. The number of anilines is 3. The number of ether oxygens (including phenoxy) is 2. The SMILES string of the molecule is COc1ccc(-c2cc(C(=O)Nc3nc(-c4ccc(NC(=O)c5ccccc5)cc4)cs3)c3sc(N4CCCCC4)nc3n2)cc1OC. The van der Waals surface area contributed by atoms with Crippen LogP contribution in [0.5, 0.6) is 11.5 Å². The fourth-order valence-electron chi connectivity index (χ4n) is 5.58. The Kier molecular flexibility index (Phi) is 8.99. The number of hydrogen-bond donors (Lipinski definition) is 2. The van der Waals surface area contributed by atoms with Gasteiger partial charge in [0.2, 0.25) is 0 Å². The molecule has 0 spiro atoms. The summed E-state index contributed by atoms with van der Waals surface area (Å²) in [7, 11) is 3.18. The predicted molar refractivity (Wildman–Crippen MR) is 192 cm³/mol. The van der Waals surface area contributed by atoms with Crippen LogP contribution in [-0.4, -0.2) is 54.1 Å². The first-order valence-electron chi connectivity index (χ1n) is 15.5. The largest absolute Gasteiger partial charge is 0.493 e. The van der Waals surface area contributed by atoms with Gasteiger partial charge in [0.15, 0.2) is 27.4 Å². The van der Waals surface area contributed by atoms with E-state index in [9.17, 15) is 9.59 Å². The van der Waals surface area contributed by atoms with Gasteiger partial charge in [0.1, 0.15) is 0 Å². The Morgan fingerprint density at radius 1 is 0.750 bits per heavy atom. The van der Waals surface area contributed by atoms with Gasteiger partial charge >= 0.3 is 0 Å². The van der Waals surface area contributed by atoms with Crippen LogP contribution in [0.4, 0.5) is 16.0 Å². The molecule has 0 saturated carbocycles. The molecule has 3 aromatic heterocycles. The zero-order valence-electron chi connectivity index (χ0n) is 26.4. The number of pyridine rings is 1. The Morgan fingerprint density at radius 3 is 2.25 bits per heavy atom. The molecule has 0 unspecified atom stereocenters. The van der Waals surface area contributed by atoms with Crippen LogP contribution in [0.1, 0.15) is 40.0 Å². The fourth-order valence-corrected chi connectivity index (χ4v) is 7.36. The number of benzene rings is 3. The van der Waals surface area contributed by atoms with Crippen molar-refractivity contribution in [2.24, 2.45) is 0 Å². The van der Waals surface area contributed by atoms with Gasteiger partial charge < -0.3 is 19.7 Å². The number of carbonyl (C=O) groups is 2. The highest BCUT2D eigenvalue weighted by molar-refractivity contribution is 7.22. The Labute approximate surface area is 285 Å². The molecule has 10 nitrogen and oxygen atoms in total. The number of rotatable bonds is 9. The number of aromatic nitrogens is 3. The predicted octanol–water partition coefficient (Wildman–Crippen LogP) is 7.99. The van der Waals surface area contributed by atoms with Gasteiger partial charge in [-0.3, -0.25) is 14.9 Å². The molecule has 48 heavy (non-hydrogen) atoms. The van der Waals surface area contributed by atoms with E-state index in [-0.39, 0.29) is 11.8 Å². The van der Waals surface area contributed by atoms with E-state index in [1.54, 1.807) is 32.4 Å². The van der Waals surface area contributed by atoms with E-state index >= 15 is 0 Å². The van der Waals surface area contributed by atoms with E-state index in [4.69, 9.17) is 24.4 Å². The molecule has 3 aromatic carbocycles. The topological polar surface area (TPSA) is 119 Å². The maximum atomic E-state index is 13.9. The van der Waals surface area contributed by atoms with Gasteiger partial charge in [-0.2, -0.15) is 4.98 Å². The summed E-state index contributed by atoms with van der Waals surface area (Å²) in [6.07, 6.45) is 3.44. The monoisotopic (exact) mass is 676 g/mol. The second kappa shape index (κ2) is 13.8. The van der Waals surface area contributed by atoms with E-state index in [1.807, 2.05) is 66.0 Å². The minimum Gasteiger partial charge on any atom is -0.493 e. The van der Waals surface area contributed by atoms with Crippen LogP contribution in [0.2, 0.25) is 0 Å². The van der Waals surface area contributed by atoms with Crippen LogP contribution in [0.15, 0.2) is 84.2 Å². The van der Waals surface area contributed by atoms with Crippen LogP contribution in [0.3, 0.4) is 0 Å². The maximum absolute atomic E-state index is 13.9. The number of thiazole rings is 2. The average molecular weight is 677 g/mol. The Hall–Kier alpha value is -5.33. The highest BCUT2D eigenvalue weighted by Crippen LogP contribution is 2.37. The summed E-state index contributed by atoms with van der Waals surface area (Å²) in [5, 5.41) is 9.15. The molecule has 6 aromatic rings. The van der Waals surface area contributed by atoms with Crippen molar-refractivity contribution >= 4 is 60.8 Å². The van der Waals surface area contributed by atoms with Gasteiger partial charge in [-0.25, -0.2) is 9.97 Å². The Balaban J connectivity index is 1.15. The van der Waals surface area contributed by atoms with Crippen LogP contribution < -0.4 is 25.0 Å². The summed E-state index contributed by atoms with van der Waals surface area (Å²) in [4.78, 5) is 43.2. The van der Waals surface area contributed by atoms with Crippen LogP contribution in [-0.2, 0) is 0 Å². The molecule has 242 valence electrons. The first kappa shape index (κ1) is 31.3. The van der Waals surface area contributed by atoms with Crippen molar-refractivity contribution in [2.45, 2.75) is 19.3 Å². The van der Waals surface area contributed by atoms with Gasteiger partial charge in [-0.1, -0.05) is 41.7 Å². The van der Waals surface area contributed by atoms with Crippen molar-refractivity contribution < 1.29 is 19.1 Å². The van der Waals surface area contributed by atoms with Crippen molar-refractivity contribution in [3.63, 3.8) is 0 Å². The minimum atomic E-state index is -0.294. The lowest BCUT2D eigenvalue weighted by Crippen LogP contribution is -2.29. The van der Waals surface area contributed by atoms with E-state index in [0.717, 1.165) is 46.9 Å². The summed E-state index contributed by atoms with van der Waals surface area (Å²) >= 11 is 2.84. The van der Waals surface area contributed by atoms with Crippen molar-refractivity contribution in [1.82, 2.24) is 15.0 Å². The molecule has 12 heteroatoms. The highest BCUT2D eigenvalue weighted by atomic mass is 32.1. The molecule has 7 rings (SSSR count). The van der Waals surface area contributed by atoms with Crippen molar-refractivity contribution in [1.29, 1.82) is 0 Å². The zero-order valence-corrected chi connectivity index (χ0v) is 28.0. The van der Waals surface area contributed by atoms with Crippen molar-refractivity contribution in [2.75, 3.05) is 42.8 Å². The molecule has 4 heterocycles. The van der Waals surface area contributed by atoms with E-state index in [2.05, 4.69) is 15.5 Å². The second-order valence-corrected chi connectivity index (χ2v) is 13.0. The van der Waals surface area contributed by atoms with Gasteiger partial charge in [-0.05, 0) is 67.8 Å². The third-order valence-corrected chi connectivity index (χ3v) is 10.00. The number of carbonyl (C=O) groups excluding carboxylic acids is 2. The first-order valence-corrected chi connectivity index (χ1v) is 17.2. The van der Waals surface area contributed by atoms with Crippen LogP contribution in [0.25, 0.3) is 32.9 Å². The summed E-state index contributed by atoms with van der Waals surface area (Å²) in [6.45, 7) is 1.87. The standard InChI is InChI=1S/C36H32N6O4S2/c1-45-29-16-13-24(19-30(29)46-2)27-20-26(31-32(38-27)40-36(48-31)42-17-7-4-8-18-42)34(44)41-35-39-28(21-47-35)22-11-14-25(15-12-22)37-33(43)23-9-5-3-6-10-23/h3,5-6,9-16,19-21H,4,7-8,17-18H2,1-2H3,(H,37,43)(H,39,41,44). The van der Waals surface area contributed by atoms with E-state index < -0.39 is 0 Å². The van der Waals surface area contributed by atoms with E-state index in [0.29, 0.717) is 50.5 Å². The second-order valence-electron chi connectivity index (χ2n) is 11.2. The molecular weight excluding hydrogens is 645 g/mol. The maximum Gasteiger partial charge on any atom is 0.259 e. The minimum absolute atomic E-state index is 0.175. The van der Waals surface area contributed by atoms with Crippen LogP contribution >= 0.6 is 22.7 Å². The van der Waals surface area contributed by atoms with Gasteiger partial charge in [-0.15, -0.1) is 11.3 Å².